The summed E-state index contributed by atoms with van der Waals surface area (Å²) >= 11 is 0. The molecule has 1 aliphatic heterocycles. The lowest BCUT2D eigenvalue weighted by Crippen LogP contribution is -2.30. The van der Waals surface area contributed by atoms with Crippen LogP contribution >= 0.6 is 0 Å². The molecule has 0 aromatic carbocycles. The van der Waals surface area contributed by atoms with E-state index in [9.17, 15) is 25.1 Å². The number of hydrogen-bond donors (Lipinski definition) is 3. The van der Waals surface area contributed by atoms with E-state index >= 15 is 0 Å². The lowest BCUT2D eigenvalue weighted by molar-refractivity contribution is -0.389. The van der Waals surface area contributed by atoms with Crippen molar-refractivity contribution < 1.29 is 19.9 Å². The van der Waals surface area contributed by atoms with Crippen LogP contribution in [0, 0.1) is 10.1 Å². The predicted molar refractivity (Wildman–Crippen MR) is 55.4 cm³/mol. The minimum atomic E-state index is -0.969. The molecule has 2 rings (SSSR count). The van der Waals surface area contributed by atoms with Gasteiger partial charge in [-0.05, 0) is 11.0 Å². The van der Waals surface area contributed by atoms with Gasteiger partial charge >= 0.3 is 5.82 Å². The molecule has 8 heteroatoms. The third-order valence-corrected chi connectivity index (χ3v) is 2.64. The maximum Gasteiger partial charge on any atom is 0.321 e. The molecule has 0 saturated carbocycles. The van der Waals surface area contributed by atoms with Gasteiger partial charge in [0.15, 0.2) is 5.69 Å². The van der Waals surface area contributed by atoms with Crippen molar-refractivity contribution in [2.24, 2.45) is 0 Å². The first-order chi connectivity index (χ1) is 7.99. The summed E-state index contributed by atoms with van der Waals surface area (Å²) in [4.78, 5) is 25.2. The number of rotatable bonds is 2. The van der Waals surface area contributed by atoms with E-state index in [4.69, 9.17) is 0 Å². The maximum atomic E-state index is 11.8. The first-order valence-electron chi connectivity index (χ1n) is 4.98. The summed E-state index contributed by atoms with van der Waals surface area (Å²) in [5.74, 6) is -0.748. The van der Waals surface area contributed by atoms with Gasteiger partial charge in [-0.15, -0.1) is 0 Å². The summed E-state index contributed by atoms with van der Waals surface area (Å²) in [6.07, 6.45) is -1.94. The average molecular weight is 241 g/mol. The van der Waals surface area contributed by atoms with Gasteiger partial charge in [0, 0.05) is 19.2 Å². The topological polar surface area (TPSA) is 120 Å². The number of nitrogens with zero attached hydrogens (tertiary/aromatic N) is 2. The van der Waals surface area contributed by atoms with E-state index in [-0.39, 0.29) is 24.6 Å². The van der Waals surface area contributed by atoms with Gasteiger partial charge < -0.3 is 25.2 Å². The molecule has 0 unspecified atom stereocenters. The first kappa shape index (κ1) is 11.6. The van der Waals surface area contributed by atoms with Gasteiger partial charge in [0.1, 0.15) is 0 Å². The van der Waals surface area contributed by atoms with Crippen LogP contribution in [0.2, 0.25) is 0 Å². The number of aliphatic hydroxyl groups is 2. The van der Waals surface area contributed by atoms with E-state index in [2.05, 4.69) is 4.98 Å². The number of aromatic amines is 1. The van der Waals surface area contributed by atoms with Gasteiger partial charge in [0.25, 0.3) is 5.91 Å². The molecule has 1 aliphatic rings. The van der Waals surface area contributed by atoms with Crippen LogP contribution in [0.25, 0.3) is 0 Å². The second kappa shape index (κ2) is 4.15. The molecule has 0 spiro atoms. The molecule has 3 N–H and O–H groups in total. The number of likely N-dealkylation sites (tertiary alicyclic amines) is 1. The van der Waals surface area contributed by atoms with Gasteiger partial charge in [-0.1, -0.05) is 0 Å². The third-order valence-electron chi connectivity index (χ3n) is 2.64. The monoisotopic (exact) mass is 241 g/mol. The van der Waals surface area contributed by atoms with Gasteiger partial charge in [-0.3, -0.25) is 4.79 Å². The quantitative estimate of drug-likeness (QED) is 0.458. The third kappa shape index (κ3) is 2.12. The standard InChI is InChI=1S/C9H11N3O5/c13-6-3-11(4-7(6)14)9(15)5-1-2-8(10-5)12(16)17/h1-2,6-7,10,13-14H,3-4H2/t6-,7+. The fourth-order valence-electron chi connectivity index (χ4n) is 1.72. The Morgan fingerprint density at radius 2 is 2.00 bits per heavy atom. The van der Waals surface area contributed by atoms with Gasteiger partial charge in [-0.2, -0.15) is 0 Å². The normalized spacial score (nSPS) is 24.0. The van der Waals surface area contributed by atoms with E-state index in [1.807, 2.05) is 0 Å². The molecular formula is C9H11N3O5. The number of hydrogen-bond acceptors (Lipinski definition) is 5. The Balaban J connectivity index is 2.12. The second-order valence-corrected chi connectivity index (χ2v) is 3.86. The Bertz CT molecular complexity index is 447. The van der Waals surface area contributed by atoms with Crippen molar-refractivity contribution in [3.63, 3.8) is 0 Å². The number of nitrogens with one attached hydrogen (secondary N) is 1. The summed E-state index contributed by atoms with van der Waals surface area (Å²) in [6.45, 7) is 0.0413. The van der Waals surface area contributed by atoms with Crippen molar-refractivity contribution in [3.05, 3.63) is 27.9 Å². The minimum absolute atomic E-state index is 0.0207. The Morgan fingerprint density at radius 1 is 1.41 bits per heavy atom. The Kier molecular flexibility index (Phi) is 2.82. The minimum Gasteiger partial charge on any atom is -0.388 e. The number of nitro groups is 1. The smallest absolute Gasteiger partial charge is 0.321 e. The summed E-state index contributed by atoms with van der Waals surface area (Å²) in [5, 5.41) is 29.0. The van der Waals surface area contributed by atoms with E-state index in [0.29, 0.717) is 0 Å². The zero-order chi connectivity index (χ0) is 12.6. The van der Waals surface area contributed by atoms with Crippen LogP contribution in [-0.4, -0.2) is 56.2 Å². The zero-order valence-electron chi connectivity index (χ0n) is 8.74. The second-order valence-electron chi connectivity index (χ2n) is 3.86. The molecule has 1 fully saturated rings. The van der Waals surface area contributed by atoms with Crippen molar-refractivity contribution in [1.29, 1.82) is 0 Å². The van der Waals surface area contributed by atoms with E-state index < -0.39 is 23.0 Å². The molecule has 2 heterocycles. The molecular weight excluding hydrogens is 230 g/mol. The van der Waals surface area contributed by atoms with Crippen molar-refractivity contribution in [3.8, 4) is 0 Å². The van der Waals surface area contributed by atoms with Crippen molar-refractivity contribution >= 4 is 11.7 Å². The van der Waals surface area contributed by atoms with Crippen LogP contribution in [0.3, 0.4) is 0 Å². The van der Waals surface area contributed by atoms with Crippen LogP contribution in [-0.2, 0) is 0 Å². The Hall–Kier alpha value is -1.93. The molecule has 0 radical (unpaired) electrons. The summed E-state index contributed by atoms with van der Waals surface area (Å²) in [6, 6.07) is 2.49. The van der Waals surface area contributed by atoms with E-state index in [0.717, 1.165) is 0 Å². The highest BCUT2D eigenvalue weighted by Crippen LogP contribution is 2.16. The molecule has 0 bridgehead atoms. The number of H-pyrrole nitrogens is 1. The molecule has 17 heavy (non-hydrogen) atoms. The van der Waals surface area contributed by atoms with E-state index in [1.54, 1.807) is 0 Å². The van der Waals surface area contributed by atoms with Crippen LogP contribution in [0.5, 0.6) is 0 Å². The first-order valence-corrected chi connectivity index (χ1v) is 4.98. The van der Waals surface area contributed by atoms with Crippen LogP contribution in [0.4, 0.5) is 5.82 Å². The van der Waals surface area contributed by atoms with E-state index in [1.165, 1.54) is 17.0 Å². The highest BCUT2D eigenvalue weighted by atomic mass is 16.6. The molecule has 92 valence electrons. The van der Waals surface area contributed by atoms with Crippen molar-refractivity contribution in [1.82, 2.24) is 9.88 Å². The Labute approximate surface area is 95.6 Å². The largest absolute Gasteiger partial charge is 0.388 e. The van der Waals surface area contributed by atoms with Crippen LogP contribution in [0.1, 0.15) is 10.5 Å². The predicted octanol–water partition coefficient (Wildman–Crippen LogP) is -0.900. The van der Waals surface area contributed by atoms with Crippen molar-refractivity contribution in [2.45, 2.75) is 12.2 Å². The number of β-amino-alcohol motifs (C(OH)–C–C–N with tert-alkyl or cyclic N) is 2. The number of carbonyl (C=O) groups excluding carboxylic acids is 1. The SMILES string of the molecule is O=C(c1ccc([N+](=O)[O-])[nH]1)N1C[C@@H](O)[C@@H](O)C1. The summed E-state index contributed by atoms with van der Waals surface area (Å²) < 4.78 is 0. The fraction of sp³-hybridized carbons (Fsp3) is 0.444. The maximum absolute atomic E-state index is 11.8. The number of aliphatic hydroxyl groups excluding tert-OH is 2. The number of amides is 1. The lowest BCUT2D eigenvalue weighted by atomic mass is 10.3. The molecule has 1 aromatic rings. The lowest BCUT2D eigenvalue weighted by Gasteiger charge is -2.12. The molecule has 8 nitrogen and oxygen atoms in total. The molecule has 2 atom stereocenters. The highest BCUT2D eigenvalue weighted by molar-refractivity contribution is 5.93. The van der Waals surface area contributed by atoms with Crippen molar-refractivity contribution in [2.75, 3.05) is 13.1 Å². The summed E-state index contributed by atoms with van der Waals surface area (Å²) in [7, 11) is 0. The number of carbonyl (C=O) groups is 1. The Morgan fingerprint density at radius 3 is 2.47 bits per heavy atom. The molecule has 0 aliphatic carbocycles. The van der Waals surface area contributed by atoms with Crippen LogP contribution < -0.4 is 0 Å². The zero-order valence-corrected chi connectivity index (χ0v) is 8.74. The fourth-order valence-corrected chi connectivity index (χ4v) is 1.72. The highest BCUT2D eigenvalue weighted by Gasteiger charge is 2.34. The summed E-state index contributed by atoms with van der Waals surface area (Å²) in [5.41, 5.74) is 0.0676. The molecule has 1 amide bonds. The van der Waals surface area contributed by atoms with Gasteiger partial charge in [-0.25, -0.2) is 4.98 Å². The van der Waals surface area contributed by atoms with Gasteiger partial charge in [0.2, 0.25) is 0 Å². The number of aromatic nitrogens is 1. The van der Waals surface area contributed by atoms with Gasteiger partial charge in [0.05, 0.1) is 12.2 Å². The molecule has 1 saturated heterocycles. The average Bonchev–Trinajstić information content (AvgIpc) is 2.86. The van der Waals surface area contributed by atoms with Crippen LogP contribution in [0.15, 0.2) is 12.1 Å². The molecule has 1 aromatic heterocycles.